The van der Waals surface area contributed by atoms with Gasteiger partial charge in [0.25, 0.3) is 0 Å². The van der Waals surface area contributed by atoms with E-state index in [2.05, 4.69) is 5.32 Å². The zero-order valence-electron chi connectivity index (χ0n) is 8.17. The standard InChI is InChI=1S/C7H17NO5.H3N/c1-8-2-4(10)6(12)7(13)5(11)3-9;/h4-13H,2-3H2,1H3;1H3. The first-order valence-electron chi connectivity index (χ1n) is 4.02. The second kappa shape index (κ2) is 8.06. The summed E-state index contributed by atoms with van der Waals surface area (Å²) in [6.07, 6.45) is -5.65. The summed E-state index contributed by atoms with van der Waals surface area (Å²) in [5.74, 6) is 0. The van der Waals surface area contributed by atoms with Crippen LogP contribution in [0.4, 0.5) is 0 Å². The van der Waals surface area contributed by atoms with E-state index in [0.717, 1.165) is 0 Å². The Morgan fingerprint density at radius 3 is 1.79 bits per heavy atom. The number of likely N-dealkylation sites (N-methyl/N-ethyl adjacent to an activating group) is 1. The molecule has 7 heteroatoms. The minimum Gasteiger partial charge on any atom is -0.394 e. The number of aliphatic hydroxyl groups excluding tert-OH is 5. The first-order valence-corrected chi connectivity index (χ1v) is 4.02. The Labute approximate surface area is 82.6 Å². The molecule has 0 spiro atoms. The zero-order valence-corrected chi connectivity index (χ0v) is 8.17. The Bertz CT molecular complexity index is 137. The molecule has 14 heavy (non-hydrogen) atoms. The van der Waals surface area contributed by atoms with Crippen molar-refractivity contribution >= 4 is 0 Å². The highest BCUT2D eigenvalue weighted by Crippen LogP contribution is 2.04. The van der Waals surface area contributed by atoms with Crippen molar-refractivity contribution in [2.45, 2.75) is 24.4 Å². The van der Waals surface area contributed by atoms with Crippen LogP contribution in [0, 0.1) is 0 Å². The maximum absolute atomic E-state index is 9.21. The minimum absolute atomic E-state index is 0. The maximum atomic E-state index is 9.21. The Morgan fingerprint density at radius 2 is 1.43 bits per heavy atom. The lowest BCUT2D eigenvalue weighted by molar-refractivity contribution is -0.113. The quantitative estimate of drug-likeness (QED) is 0.245. The summed E-state index contributed by atoms with van der Waals surface area (Å²) in [5, 5.41) is 47.5. The number of nitrogens with one attached hydrogen (secondary N) is 1. The van der Waals surface area contributed by atoms with Gasteiger partial charge in [0, 0.05) is 6.54 Å². The fraction of sp³-hybridized carbons (Fsp3) is 1.00. The van der Waals surface area contributed by atoms with Gasteiger partial charge in [-0.1, -0.05) is 0 Å². The van der Waals surface area contributed by atoms with E-state index in [0.29, 0.717) is 0 Å². The molecule has 0 amide bonds. The third-order valence-corrected chi connectivity index (χ3v) is 1.74. The van der Waals surface area contributed by atoms with Gasteiger partial charge in [0.05, 0.1) is 12.7 Å². The Morgan fingerprint density at radius 1 is 1.00 bits per heavy atom. The Hall–Kier alpha value is -0.280. The van der Waals surface area contributed by atoms with Gasteiger partial charge in [0.1, 0.15) is 18.3 Å². The summed E-state index contributed by atoms with van der Waals surface area (Å²) in [4.78, 5) is 0. The van der Waals surface area contributed by atoms with Crippen molar-refractivity contribution in [3.63, 3.8) is 0 Å². The number of rotatable bonds is 6. The molecular weight excluding hydrogens is 192 g/mol. The van der Waals surface area contributed by atoms with Gasteiger partial charge < -0.3 is 37.0 Å². The van der Waals surface area contributed by atoms with Gasteiger partial charge in [-0.3, -0.25) is 0 Å². The van der Waals surface area contributed by atoms with Crippen molar-refractivity contribution in [1.29, 1.82) is 0 Å². The zero-order chi connectivity index (χ0) is 10.4. The van der Waals surface area contributed by atoms with Crippen molar-refractivity contribution in [1.82, 2.24) is 11.5 Å². The van der Waals surface area contributed by atoms with Crippen LogP contribution in [-0.4, -0.2) is 70.1 Å². The molecule has 4 atom stereocenters. The smallest absolute Gasteiger partial charge is 0.111 e. The van der Waals surface area contributed by atoms with Gasteiger partial charge in [-0.15, -0.1) is 0 Å². The largest absolute Gasteiger partial charge is 0.394 e. The van der Waals surface area contributed by atoms with E-state index in [9.17, 15) is 5.11 Å². The number of aliphatic hydroxyl groups is 5. The molecule has 0 aromatic heterocycles. The van der Waals surface area contributed by atoms with Gasteiger partial charge in [-0.05, 0) is 7.05 Å². The highest BCUT2D eigenvalue weighted by atomic mass is 16.4. The van der Waals surface area contributed by atoms with Crippen LogP contribution in [-0.2, 0) is 0 Å². The molecule has 0 aromatic carbocycles. The molecule has 0 aliphatic carbocycles. The molecule has 0 fully saturated rings. The highest BCUT2D eigenvalue weighted by molar-refractivity contribution is 4.81. The molecule has 0 radical (unpaired) electrons. The first-order chi connectivity index (χ1) is 6.04. The summed E-state index contributed by atoms with van der Waals surface area (Å²) >= 11 is 0. The van der Waals surface area contributed by atoms with Crippen LogP contribution in [0.5, 0.6) is 0 Å². The molecule has 0 rings (SSSR count). The highest BCUT2D eigenvalue weighted by Gasteiger charge is 2.29. The molecule has 0 aliphatic heterocycles. The van der Waals surface area contributed by atoms with Gasteiger partial charge in [0.15, 0.2) is 0 Å². The molecule has 0 bridgehead atoms. The third kappa shape index (κ3) is 4.82. The van der Waals surface area contributed by atoms with Gasteiger partial charge in [0.2, 0.25) is 0 Å². The molecule has 0 heterocycles. The summed E-state index contributed by atoms with van der Waals surface area (Å²) in [5.41, 5.74) is 0. The molecule has 0 aromatic rings. The second-order valence-corrected chi connectivity index (χ2v) is 2.86. The number of hydrogen-bond acceptors (Lipinski definition) is 7. The first kappa shape index (κ1) is 16.2. The topological polar surface area (TPSA) is 148 Å². The second-order valence-electron chi connectivity index (χ2n) is 2.86. The van der Waals surface area contributed by atoms with Gasteiger partial charge in [-0.25, -0.2) is 0 Å². The third-order valence-electron chi connectivity index (χ3n) is 1.74. The van der Waals surface area contributed by atoms with Crippen LogP contribution in [0.3, 0.4) is 0 Å². The Balaban J connectivity index is 0. The average Bonchev–Trinajstić information content (AvgIpc) is 2.14. The van der Waals surface area contributed by atoms with Crippen LogP contribution in [0.25, 0.3) is 0 Å². The number of hydrogen-bond donors (Lipinski definition) is 7. The molecular formula is C7H20N2O5. The van der Waals surface area contributed by atoms with E-state index in [4.69, 9.17) is 20.4 Å². The van der Waals surface area contributed by atoms with E-state index in [1.165, 1.54) is 0 Å². The van der Waals surface area contributed by atoms with E-state index < -0.39 is 31.0 Å². The van der Waals surface area contributed by atoms with E-state index in [-0.39, 0.29) is 12.7 Å². The monoisotopic (exact) mass is 212 g/mol. The maximum Gasteiger partial charge on any atom is 0.111 e. The molecule has 0 aliphatic rings. The van der Waals surface area contributed by atoms with Crippen molar-refractivity contribution in [3.8, 4) is 0 Å². The summed E-state index contributed by atoms with van der Waals surface area (Å²) < 4.78 is 0. The lowest BCUT2D eigenvalue weighted by Crippen LogP contribution is -2.48. The summed E-state index contributed by atoms with van der Waals surface area (Å²) in [6.45, 7) is -0.569. The van der Waals surface area contributed by atoms with Gasteiger partial charge >= 0.3 is 0 Å². The van der Waals surface area contributed by atoms with E-state index in [1.54, 1.807) is 7.05 Å². The molecule has 4 unspecified atom stereocenters. The molecule has 9 N–H and O–H groups in total. The summed E-state index contributed by atoms with van der Waals surface area (Å²) in [6, 6.07) is 0. The minimum atomic E-state index is -1.55. The predicted molar refractivity (Wildman–Crippen MR) is 50.1 cm³/mol. The van der Waals surface area contributed by atoms with Crippen molar-refractivity contribution in [2.24, 2.45) is 0 Å². The van der Waals surface area contributed by atoms with Gasteiger partial charge in [-0.2, -0.15) is 0 Å². The van der Waals surface area contributed by atoms with E-state index in [1.807, 2.05) is 0 Å². The SMILES string of the molecule is CNCC(O)C(O)C(O)C(O)CO.N. The lowest BCUT2D eigenvalue weighted by Gasteiger charge is -2.25. The Kier molecular flexibility index (Phi) is 9.31. The lowest BCUT2D eigenvalue weighted by atomic mass is 10.0. The molecule has 7 nitrogen and oxygen atoms in total. The van der Waals surface area contributed by atoms with Crippen LogP contribution in [0.2, 0.25) is 0 Å². The predicted octanol–water partition coefficient (Wildman–Crippen LogP) is -3.20. The van der Waals surface area contributed by atoms with Crippen molar-refractivity contribution < 1.29 is 25.5 Å². The molecule has 88 valence electrons. The van der Waals surface area contributed by atoms with Crippen molar-refractivity contribution in [3.05, 3.63) is 0 Å². The fourth-order valence-electron chi connectivity index (χ4n) is 0.893. The average molecular weight is 212 g/mol. The normalized spacial score (nSPS) is 19.3. The fourth-order valence-corrected chi connectivity index (χ4v) is 0.893. The molecule has 0 saturated heterocycles. The van der Waals surface area contributed by atoms with Crippen LogP contribution in [0.1, 0.15) is 0 Å². The molecule has 0 saturated carbocycles. The van der Waals surface area contributed by atoms with Crippen molar-refractivity contribution in [2.75, 3.05) is 20.2 Å². The summed E-state index contributed by atoms with van der Waals surface area (Å²) in [7, 11) is 1.57. The van der Waals surface area contributed by atoms with Crippen LogP contribution >= 0.6 is 0 Å². The van der Waals surface area contributed by atoms with Crippen LogP contribution in [0.15, 0.2) is 0 Å². The van der Waals surface area contributed by atoms with Crippen LogP contribution < -0.4 is 11.5 Å². The van der Waals surface area contributed by atoms with E-state index >= 15 is 0 Å².